The van der Waals surface area contributed by atoms with Crippen LogP contribution in [0, 0.1) is 0 Å². The van der Waals surface area contributed by atoms with Crippen molar-refractivity contribution >= 4 is 6.21 Å². The summed E-state index contributed by atoms with van der Waals surface area (Å²) in [6, 6.07) is 13.4. The van der Waals surface area contributed by atoms with Gasteiger partial charge < -0.3 is 4.84 Å². The maximum Gasteiger partial charge on any atom is 0.416 e. The van der Waals surface area contributed by atoms with Gasteiger partial charge in [0, 0.05) is 5.56 Å². The van der Waals surface area contributed by atoms with Crippen LogP contribution in [-0.2, 0) is 17.6 Å². The molecule has 0 atom stereocenters. The third-order valence-electron chi connectivity index (χ3n) is 4.85. The maximum atomic E-state index is 13.0. The molecule has 0 radical (unpaired) electrons. The smallest absolute Gasteiger partial charge is 0.391 e. The van der Waals surface area contributed by atoms with E-state index in [2.05, 4.69) is 11.2 Å². The van der Waals surface area contributed by atoms with Crippen molar-refractivity contribution in [2.24, 2.45) is 5.16 Å². The Morgan fingerprint density at radius 1 is 0.962 bits per heavy atom. The van der Waals surface area contributed by atoms with Gasteiger partial charge in [-0.25, -0.2) is 0 Å². The van der Waals surface area contributed by atoms with E-state index in [4.69, 9.17) is 4.84 Å². The van der Waals surface area contributed by atoms with Crippen LogP contribution < -0.4 is 0 Å². The normalized spacial score (nSPS) is 16.1. The van der Waals surface area contributed by atoms with Gasteiger partial charge >= 0.3 is 6.18 Å². The Morgan fingerprint density at radius 2 is 1.65 bits per heavy atom. The first-order valence-electron chi connectivity index (χ1n) is 8.95. The molecule has 1 fully saturated rings. The first-order chi connectivity index (χ1) is 12.6. The molecular weight excluding hydrogens is 339 g/mol. The molecule has 0 heterocycles. The van der Waals surface area contributed by atoms with Crippen LogP contribution in [0.4, 0.5) is 13.2 Å². The molecule has 0 N–H and O–H groups in total. The number of halogens is 3. The highest BCUT2D eigenvalue weighted by Crippen LogP contribution is 2.34. The second-order valence-corrected chi connectivity index (χ2v) is 6.63. The summed E-state index contributed by atoms with van der Waals surface area (Å²) in [7, 11) is 0. The van der Waals surface area contributed by atoms with Crippen molar-refractivity contribution in [1.82, 2.24) is 0 Å². The molecule has 0 spiro atoms. The average Bonchev–Trinajstić information content (AvgIpc) is 2.66. The highest BCUT2D eigenvalue weighted by Gasteiger charge is 2.32. The van der Waals surface area contributed by atoms with Crippen molar-refractivity contribution < 1.29 is 18.0 Å². The van der Waals surface area contributed by atoms with Crippen molar-refractivity contribution in [3.8, 4) is 0 Å². The van der Waals surface area contributed by atoms with Gasteiger partial charge in [0.05, 0.1) is 11.8 Å². The van der Waals surface area contributed by atoms with Crippen LogP contribution in [0.2, 0.25) is 0 Å². The summed E-state index contributed by atoms with van der Waals surface area (Å²) in [5, 5.41) is 3.92. The minimum absolute atomic E-state index is 0.0812. The summed E-state index contributed by atoms with van der Waals surface area (Å²) in [4.78, 5) is 5.17. The molecular formula is C21H22F3NO. The molecule has 0 unspecified atom stereocenters. The van der Waals surface area contributed by atoms with Crippen LogP contribution in [0.3, 0.4) is 0 Å². The molecule has 0 amide bonds. The minimum Gasteiger partial charge on any atom is -0.391 e. The van der Waals surface area contributed by atoms with Gasteiger partial charge in [-0.3, -0.25) is 0 Å². The quantitative estimate of drug-likeness (QED) is 0.452. The van der Waals surface area contributed by atoms with E-state index < -0.39 is 11.7 Å². The van der Waals surface area contributed by atoms with Gasteiger partial charge in [-0.05, 0) is 36.0 Å². The number of hydrogen-bond donors (Lipinski definition) is 0. The van der Waals surface area contributed by atoms with Crippen molar-refractivity contribution in [2.45, 2.75) is 50.8 Å². The molecule has 0 aromatic heterocycles. The third kappa shape index (κ3) is 4.65. The lowest BCUT2D eigenvalue weighted by molar-refractivity contribution is -0.138. The van der Waals surface area contributed by atoms with Gasteiger partial charge in [0.15, 0.2) is 0 Å². The average molecular weight is 361 g/mol. The van der Waals surface area contributed by atoms with E-state index in [1.54, 1.807) is 12.3 Å². The molecule has 1 saturated carbocycles. The standard InChI is InChI=1S/C21H22F3NO/c22-21(23,24)20-13-7-5-11-18(20)15-26-25-14-17-10-4-6-12-19(17)16-8-2-1-3-9-16/h4-7,10-14,16H,1-3,8-9,15H2. The molecule has 2 nitrogen and oxygen atoms in total. The van der Waals surface area contributed by atoms with Crippen molar-refractivity contribution in [2.75, 3.05) is 0 Å². The fraction of sp³-hybridized carbons (Fsp3) is 0.381. The number of rotatable bonds is 5. The molecule has 1 aliphatic carbocycles. The van der Waals surface area contributed by atoms with E-state index in [-0.39, 0.29) is 12.2 Å². The monoisotopic (exact) mass is 361 g/mol. The predicted molar refractivity (Wildman–Crippen MR) is 96.1 cm³/mol. The molecule has 2 aromatic rings. The zero-order valence-electron chi connectivity index (χ0n) is 14.5. The summed E-state index contributed by atoms with van der Waals surface area (Å²) in [6.07, 6.45) is 3.32. The van der Waals surface area contributed by atoms with Gasteiger partial charge in [0.1, 0.15) is 6.61 Å². The summed E-state index contributed by atoms with van der Waals surface area (Å²) in [5.41, 5.74) is 1.62. The Labute approximate surface area is 151 Å². The van der Waals surface area contributed by atoms with E-state index in [1.807, 2.05) is 18.2 Å². The van der Waals surface area contributed by atoms with Crippen LogP contribution in [0.15, 0.2) is 53.7 Å². The molecule has 0 saturated heterocycles. The largest absolute Gasteiger partial charge is 0.416 e. The summed E-state index contributed by atoms with van der Waals surface area (Å²) in [6.45, 7) is -0.211. The molecule has 3 rings (SSSR count). The van der Waals surface area contributed by atoms with Gasteiger partial charge in [-0.1, -0.05) is 66.9 Å². The van der Waals surface area contributed by atoms with Gasteiger partial charge in [-0.2, -0.15) is 13.2 Å². The van der Waals surface area contributed by atoms with Crippen LogP contribution in [0.5, 0.6) is 0 Å². The predicted octanol–water partition coefficient (Wildman–Crippen LogP) is 6.30. The number of alkyl halides is 3. The highest BCUT2D eigenvalue weighted by molar-refractivity contribution is 5.81. The zero-order valence-corrected chi connectivity index (χ0v) is 14.5. The van der Waals surface area contributed by atoms with Crippen molar-refractivity contribution in [1.29, 1.82) is 0 Å². The van der Waals surface area contributed by atoms with Gasteiger partial charge in [0.2, 0.25) is 0 Å². The lowest BCUT2D eigenvalue weighted by Crippen LogP contribution is -2.09. The fourth-order valence-corrected chi connectivity index (χ4v) is 3.54. The molecule has 5 heteroatoms. The Balaban J connectivity index is 1.67. The molecule has 2 aromatic carbocycles. The highest BCUT2D eigenvalue weighted by atomic mass is 19.4. The summed E-state index contributed by atoms with van der Waals surface area (Å²) >= 11 is 0. The van der Waals surface area contributed by atoms with Crippen LogP contribution in [0.1, 0.15) is 60.3 Å². The Kier molecular flexibility index (Phi) is 5.96. The van der Waals surface area contributed by atoms with Crippen molar-refractivity contribution in [3.63, 3.8) is 0 Å². The topological polar surface area (TPSA) is 21.6 Å². The van der Waals surface area contributed by atoms with E-state index in [9.17, 15) is 13.2 Å². The van der Waals surface area contributed by atoms with Gasteiger partial charge in [-0.15, -0.1) is 0 Å². The lowest BCUT2D eigenvalue weighted by Gasteiger charge is -2.23. The van der Waals surface area contributed by atoms with Crippen LogP contribution >= 0.6 is 0 Å². The number of hydrogen-bond acceptors (Lipinski definition) is 2. The zero-order chi connectivity index (χ0) is 18.4. The lowest BCUT2D eigenvalue weighted by atomic mass is 9.82. The molecule has 1 aliphatic rings. The third-order valence-corrected chi connectivity index (χ3v) is 4.85. The molecule has 26 heavy (non-hydrogen) atoms. The summed E-state index contributed by atoms with van der Waals surface area (Å²) in [5.74, 6) is 0.525. The number of nitrogens with zero attached hydrogens (tertiary/aromatic N) is 1. The van der Waals surface area contributed by atoms with Crippen LogP contribution in [0.25, 0.3) is 0 Å². The fourth-order valence-electron chi connectivity index (χ4n) is 3.54. The molecule has 0 bridgehead atoms. The van der Waals surface area contributed by atoms with Crippen molar-refractivity contribution in [3.05, 3.63) is 70.8 Å². The second kappa shape index (κ2) is 8.39. The number of oxime groups is 1. The first-order valence-corrected chi connectivity index (χ1v) is 8.95. The molecule has 138 valence electrons. The van der Waals surface area contributed by atoms with E-state index in [0.717, 1.165) is 11.6 Å². The SMILES string of the molecule is FC(F)(F)c1ccccc1CON=Cc1ccccc1C1CCCCC1. The maximum absolute atomic E-state index is 13.0. The van der Waals surface area contributed by atoms with Gasteiger partial charge in [0.25, 0.3) is 0 Å². The second-order valence-electron chi connectivity index (χ2n) is 6.63. The Bertz CT molecular complexity index is 749. The van der Waals surface area contributed by atoms with E-state index >= 15 is 0 Å². The number of benzene rings is 2. The van der Waals surface area contributed by atoms with Crippen LogP contribution in [-0.4, -0.2) is 6.21 Å². The molecule has 0 aliphatic heterocycles. The minimum atomic E-state index is -4.39. The summed E-state index contributed by atoms with van der Waals surface area (Å²) < 4.78 is 39.0. The Morgan fingerprint density at radius 3 is 2.42 bits per heavy atom. The van der Waals surface area contributed by atoms with E-state index in [0.29, 0.717) is 5.92 Å². The first kappa shape index (κ1) is 18.5. The van der Waals surface area contributed by atoms with E-state index in [1.165, 1.54) is 49.8 Å². The Hall–Kier alpha value is -2.30.